The summed E-state index contributed by atoms with van der Waals surface area (Å²) in [6.07, 6.45) is 2.89. The van der Waals surface area contributed by atoms with Crippen molar-refractivity contribution < 1.29 is 28.2 Å². The number of anilines is 2. The first kappa shape index (κ1) is 28.2. The fourth-order valence-electron chi connectivity index (χ4n) is 4.17. The highest BCUT2D eigenvalue weighted by atomic mass is 19.1. The van der Waals surface area contributed by atoms with Gasteiger partial charge in [-0.3, -0.25) is 19.3 Å². The zero-order valence-electron chi connectivity index (χ0n) is 22.5. The molecule has 0 spiro atoms. The molecule has 3 heterocycles. The van der Waals surface area contributed by atoms with Crippen molar-refractivity contribution in [1.29, 1.82) is 0 Å². The summed E-state index contributed by atoms with van der Waals surface area (Å²) in [6.45, 7) is 3.51. The minimum atomic E-state index is -0.823. The molecule has 1 unspecified atom stereocenters. The minimum Gasteiger partial charge on any atom is -0.493 e. The van der Waals surface area contributed by atoms with Gasteiger partial charge in [0.2, 0.25) is 0 Å². The van der Waals surface area contributed by atoms with E-state index >= 15 is 4.39 Å². The van der Waals surface area contributed by atoms with Crippen LogP contribution in [0.25, 0.3) is 16.7 Å². The van der Waals surface area contributed by atoms with Crippen molar-refractivity contribution in [3.8, 4) is 22.9 Å². The summed E-state index contributed by atoms with van der Waals surface area (Å²) in [5.41, 5.74) is -0.208. The summed E-state index contributed by atoms with van der Waals surface area (Å²) in [4.78, 5) is 30.8. The molecule has 5 rings (SSSR count). The maximum atomic E-state index is 15.2. The van der Waals surface area contributed by atoms with E-state index in [9.17, 15) is 19.1 Å². The van der Waals surface area contributed by atoms with Crippen molar-refractivity contribution in [2.45, 2.75) is 19.9 Å². The molecule has 0 bridgehead atoms. The minimum absolute atomic E-state index is 0.0422. The third-order valence-electron chi connectivity index (χ3n) is 6.18. The van der Waals surface area contributed by atoms with E-state index in [2.05, 4.69) is 25.8 Å². The predicted molar refractivity (Wildman–Crippen MR) is 152 cm³/mol. The van der Waals surface area contributed by atoms with Gasteiger partial charge >= 0.3 is 0 Å². The zero-order chi connectivity index (χ0) is 29.8. The van der Waals surface area contributed by atoms with Crippen LogP contribution in [0, 0.1) is 11.6 Å². The maximum Gasteiger partial charge on any atom is 0.271 e. The number of benzene rings is 2. The van der Waals surface area contributed by atoms with Gasteiger partial charge in [-0.1, -0.05) is 0 Å². The molecule has 216 valence electrons. The highest BCUT2D eigenvalue weighted by Gasteiger charge is 2.21. The van der Waals surface area contributed by atoms with Crippen LogP contribution in [0.15, 0.2) is 71.8 Å². The molecule has 0 aliphatic heterocycles. The lowest BCUT2D eigenvalue weighted by molar-refractivity contribution is 0.102. The Bertz CT molecular complexity index is 1810. The Hall–Kier alpha value is -5.30. The van der Waals surface area contributed by atoms with Crippen molar-refractivity contribution in [2.24, 2.45) is 0 Å². The van der Waals surface area contributed by atoms with Gasteiger partial charge in [-0.15, -0.1) is 0 Å². The number of hydrogen-bond acceptors (Lipinski definition) is 8. The van der Waals surface area contributed by atoms with Crippen LogP contribution in [0.1, 0.15) is 24.2 Å². The Morgan fingerprint density at radius 1 is 1.10 bits per heavy atom. The summed E-state index contributed by atoms with van der Waals surface area (Å²) in [7, 11) is 0. The number of halogens is 2. The van der Waals surface area contributed by atoms with Crippen LogP contribution in [0.2, 0.25) is 0 Å². The van der Waals surface area contributed by atoms with Gasteiger partial charge in [-0.05, 0) is 56.3 Å². The van der Waals surface area contributed by atoms with Gasteiger partial charge in [0.1, 0.15) is 28.3 Å². The average Bonchev–Trinajstić information content (AvgIpc) is 3.38. The number of amides is 1. The molecule has 5 aromatic rings. The molecular formula is C29H26F2N6O5. The molecule has 2 aromatic carbocycles. The van der Waals surface area contributed by atoms with Crippen molar-refractivity contribution in [1.82, 2.24) is 19.7 Å². The number of pyridine rings is 2. The van der Waals surface area contributed by atoms with Crippen LogP contribution in [0.3, 0.4) is 0 Å². The number of H-pyrrole nitrogens is 1. The Labute approximate surface area is 237 Å². The van der Waals surface area contributed by atoms with Crippen LogP contribution >= 0.6 is 0 Å². The van der Waals surface area contributed by atoms with Crippen molar-refractivity contribution in [3.05, 3.63) is 94.5 Å². The molecule has 3 aromatic heterocycles. The smallest absolute Gasteiger partial charge is 0.271 e. The number of aromatic nitrogens is 4. The van der Waals surface area contributed by atoms with E-state index in [-0.39, 0.29) is 47.8 Å². The van der Waals surface area contributed by atoms with Gasteiger partial charge in [0.15, 0.2) is 23.0 Å². The number of nitrogens with one attached hydrogen (secondary N) is 3. The number of aromatic amines is 1. The van der Waals surface area contributed by atoms with Gasteiger partial charge in [-0.2, -0.15) is 5.10 Å². The Morgan fingerprint density at radius 3 is 2.60 bits per heavy atom. The van der Waals surface area contributed by atoms with Crippen molar-refractivity contribution in [3.63, 3.8) is 0 Å². The number of aliphatic hydroxyl groups is 1. The number of rotatable bonds is 10. The molecule has 11 nitrogen and oxygen atoms in total. The van der Waals surface area contributed by atoms with E-state index in [1.807, 2.05) is 0 Å². The first-order chi connectivity index (χ1) is 20.3. The Morgan fingerprint density at radius 2 is 1.88 bits per heavy atom. The second kappa shape index (κ2) is 12.1. The van der Waals surface area contributed by atoms with Gasteiger partial charge < -0.3 is 25.2 Å². The van der Waals surface area contributed by atoms with Crippen molar-refractivity contribution in [2.75, 3.05) is 23.8 Å². The fourth-order valence-corrected chi connectivity index (χ4v) is 4.17. The molecular weight excluding hydrogens is 550 g/mol. The van der Waals surface area contributed by atoms with Crippen LogP contribution < -0.4 is 25.7 Å². The summed E-state index contributed by atoms with van der Waals surface area (Å²) in [5, 5.41) is 22.3. The van der Waals surface area contributed by atoms with Gasteiger partial charge in [0.25, 0.3) is 11.5 Å². The number of aliphatic hydroxyl groups excluding tert-OH is 1. The van der Waals surface area contributed by atoms with E-state index in [1.54, 1.807) is 19.9 Å². The Kier molecular flexibility index (Phi) is 8.11. The second-order valence-electron chi connectivity index (χ2n) is 9.17. The molecule has 4 N–H and O–H groups in total. The number of carbonyl (C=O) groups excluding carboxylic acids is 1. The molecule has 1 amide bonds. The number of fused-ring (bicyclic) bond motifs is 1. The van der Waals surface area contributed by atoms with Gasteiger partial charge in [0, 0.05) is 41.9 Å². The second-order valence-corrected chi connectivity index (χ2v) is 9.17. The number of carbonyl (C=O) groups is 1. The molecule has 0 saturated carbocycles. The molecule has 0 aliphatic carbocycles. The van der Waals surface area contributed by atoms with Gasteiger partial charge in [0.05, 0.1) is 13.2 Å². The van der Waals surface area contributed by atoms with Crippen molar-refractivity contribution >= 4 is 28.4 Å². The molecule has 0 fully saturated rings. The fraction of sp³-hybridized carbons (Fsp3) is 0.172. The summed E-state index contributed by atoms with van der Waals surface area (Å²) >= 11 is 0. The molecule has 0 aliphatic rings. The van der Waals surface area contributed by atoms with Crippen LogP contribution in [0.4, 0.5) is 20.3 Å². The Balaban J connectivity index is 1.41. The molecule has 0 radical (unpaired) electrons. The first-order valence-corrected chi connectivity index (χ1v) is 12.9. The normalized spacial score (nSPS) is 11.7. The standard InChI is InChI=1S/C29H26F2N6O5/c1-3-41-22-11-13-37(19-7-4-17(30)5-8-19)29(40)25(22)28(39)34-18-6-9-21(20(31)14-18)42-23-10-12-32-26-24(23)27(36-35-26)33-16(2)15-38/h4-14,16,38H,3,15H2,1-2H3,(H,34,39)(H2,32,33,35,36). The lowest BCUT2D eigenvalue weighted by Gasteiger charge is -2.14. The summed E-state index contributed by atoms with van der Waals surface area (Å²) in [5.74, 6) is -1.56. The molecule has 42 heavy (non-hydrogen) atoms. The number of hydrogen-bond donors (Lipinski definition) is 4. The lowest BCUT2D eigenvalue weighted by atomic mass is 10.2. The van der Waals surface area contributed by atoms with Crippen LogP contribution in [-0.2, 0) is 0 Å². The average molecular weight is 577 g/mol. The maximum absolute atomic E-state index is 15.2. The zero-order valence-corrected chi connectivity index (χ0v) is 22.5. The van der Waals surface area contributed by atoms with E-state index in [0.717, 1.165) is 6.07 Å². The third kappa shape index (κ3) is 5.76. The quantitative estimate of drug-likeness (QED) is 0.189. The molecule has 13 heteroatoms. The van der Waals surface area contributed by atoms with Crippen LogP contribution in [-0.4, -0.2) is 50.0 Å². The molecule has 0 saturated heterocycles. The highest BCUT2D eigenvalue weighted by Crippen LogP contribution is 2.34. The number of nitrogens with zero attached hydrogens (tertiary/aromatic N) is 3. The van der Waals surface area contributed by atoms with Crippen LogP contribution in [0.5, 0.6) is 17.2 Å². The van der Waals surface area contributed by atoms with E-state index in [1.165, 1.54) is 59.4 Å². The summed E-state index contributed by atoms with van der Waals surface area (Å²) < 4.78 is 41.1. The SMILES string of the molecule is CCOc1ccn(-c2ccc(F)cc2)c(=O)c1C(=O)Nc1ccc(Oc2ccnc3[nH]nc(NC(C)CO)c23)c(F)c1. The van der Waals surface area contributed by atoms with Gasteiger partial charge in [-0.25, -0.2) is 13.8 Å². The number of ether oxygens (including phenoxy) is 2. The first-order valence-electron chi connectivity index (χ1n) is 12.9. The lowest BCUT2D eigenvalue weighted by Crippen LogP contribution is -2.29. The molecule has 1 atom stereocenters. The highest BCUT2D eigenvalue weighted by molar-refractivity contribution is 6.06. The van der Waals surface area contributed by atoms with E-state index < -0.39 is 23.1 Å². The third-order valence-corrected chi connectivity index (χ3v) is 6.18. The monoisotopic (exact) mass is 576 g/mol. The predicted octanol–water partition coefficient (Wildman–Crippen LogP) is 4.62. The van der Waals surface area contributed by atoms with E-state index in [4.69, 9.17) is 9.47 Å². The largest absolute Gasteiger partial charge is 0.493 e. The van der Waals surface area contributed by atoms with E-state index in [0.29, 0.717) is 22.5 Å². The summed E-state index contributed by atoms with van der Waals surface area (Å²) in [6, 6.07) is 11.7. The topological polar surface area (TPSA) is 143 Å².